The summed E-state index contributed by atoms with van der Waals surface area (Å²) >= 11 is 7.51. The first-order valence-corrected chi connectivity index (χ1v) is 9.60. The number of benzene rings is 1. The number of pyridine rings is 1. The summed E-state index contributed by atoms with van der Waals surface area (Å²) in [5.74, 6) is -0.652. The molecule has 0 bridgehead atoms. The summed E-state index contributed by atoms with van der Waals surface area (Å²) < 4.78 is 39.2. The molecule has 2 aromatic heterocycles. The number of amides is 1. The van der Waals surface area contributed by atoms with E-state index in [0.29, 0.717) is 22.1 Å². The van der Waals surface area contributed by atoms with Gasteiger partial charge in [0.05, 0.1) is 0 Å². The first-order chi connectivity index (χ1) is 13.6. The molecule has 1 amide bonds. The van der Waals surface area contributed by atoms with Crippen LogP contribution in [0.2, 0.25) is 5.02 Å². The van der Waals surface area contributed by atoms with Gasteiger partial charge in [0.2, 0.25) is 5.91 Å². The van der Waals surface area contributed by atoms with Crippen molar-refractivity contribution in [3.63, 3.8) is 0 Å². The molecule has 0 aliphatic rings. The van der Waals surface area contributed by atoms with E-state index >= 15 is 0 Å². The second kappa shape index (κ2) is 8.38. The number of alkyl halides is 3. The lowest BCUT2D eigenvalue weighted by Gasteiger charge is -2.09. The summed E-state index contributed by atoms with van der Waals surface area (Å²) in [6.07, 6.45) is -1.53. The summed E-state index contributed by atoms with van der Waals surface area (Å²) in [4.78, 5) is 29.0. The van der Waals surface area contributed by atoms with Gasteiger partial charge in [0, 0.05) is 28.7 Å². The Morgan fingerprint density at radius 3 is 2.76 bits per heavy atom. The Hall–Kier alpha value is -2.65. The minimum Gasteiger partial charge on any atom is -0.306 e. The van der Waals surface area contributed by atoms with Crippen LogP contribution in [0.15, 0.2) is 47.5 Å². The number of thiazole rings is 1. The highest BCUT2D eigenvalue weighted by Crippen LogP contribution is 2.27. The fourth-order valence-corrected chi connectivity index (χ4v) is 3.71. The maximum Gasteiger partial charge on any atom is 0.421 e. The number of carbonyl (C=O) groups excluding carboxylic acids is 1. The summed E-state index contributed by atoms with van der Waals surface area (Å²) in [6, 6.07) is 7.45. The van der Waals surface area contributed by atoms with Gasteiger partial charge in [-0.25, -0.2) is 4.98 Å². The number of hydrogen-bond donors (Lipinski definition) is 1. The van der Waals surface area contributed by atoms with Crippen molar-refractivity contribution in [2.75, 3.05) is 5.32 Å². The lowest BCUT2D eigenvalue weighted by Crippen LogP contribution is -2.31. The van der Waals surface area contributed by atoms with Crippen LogP contribution in [-0.4, -0.2) is 15.5 Å². The van der Waals surface area contributed by atoms with Crippen LogP contribution in [-0.2, 0) is 23.9 Å². The molecule has 1 N–H and O–H groups in total. The maximum atomic E-state index is 12.8. The average molecular weight is 442 g/mol. The Kier molecular flexibility index (Phi) is 6.09. The quantitative estimate of drug-likeness (QED) is 0.633. The molecule has 0 spiro atoms. The second-order valence-electron chi connectivity index (χ2n) is 6.26. The predicted octanol–water partition coefficient (Wildman–Crippen LogP) is 4.51. The topological polar surface area (TPSA) is 64.0 Å². The summed E-state index contributed by atoms with van der Waals surface area (Å²) in [5.41, 5.74) is -0.721. The average Bonchev–Trinajstić information content (AvgIpc) is 3.06. The van der Waals surface area contributed by atoms with E-state index in [2.05, 4.69) is 10.3 Å². The van der Waals surface area contributed by atoms with Gasteiger partial charge in [0.1, 0.15) is 12.1 Å². The van der Waals surface area contributed by atoms with Gasteiger partial charge in [-0.05, 0) is 30.2 Å². The number of aryl methyl sites for hydroxylation is 1. The molecule has 0 fully saturated rings. The predicted molar refractivity (Wildman–Crippen MR) is 105 cm³/mol. The van der Waals surface area contributed by atoms with Crippen molar-refractivity contribution in [2.45, 2.75) is 26.1 Å². The number of halogens is 4. The third-order valence-corrected chi connectivity index (χ3v) is 5.53. The summed E-state index contributed by atoms with van der Waals surface area (Å²) in [6.45, 7) is 1.35. The van der Waals surface area contributed by atoms with Gasteiger partial charge >= 0.3 is 6.18 Å². The van der Waals surface area contributed by atoms with Crippen LogP contribution in [0.1, 0.15) is 21.6 Å². The molecule has 0 aliphatic carbocycles. The number of carbonyl (C=O) groups is 1. The fourth-order valence-electron chi connectivity index (χ4n) is 2.67. The number of hydrogen-bond acceptors (Lipinski definition) is 4. The van der Waals surface area contributed by atoms with E-state index in [1.54, 1.807) is 6.20 Å². The Balaban J connectivity index is 1.68. The van der Waals surface area contributed by atoms with Crippen LogP contribution in [0.5, 0.6) is 0 Å². The zero-order valence-electron chi connectivity index (χ0n) is 15.1. The highest BCUT2D eigenvalue weighted by molar-refractivity contribution is 7.15. The third kappa shape index (κ3) is 5.04. The maximum absolute atomic E-state index is 12.8. The minimum atomic E-state index is -4.78. The molecule has 0 saturated carbocycles. The van der Waals surface area contributed by atoms with Gasteiger partial charge in [0.25, 0.3) is 5.56 Å². The van der Waals surface area contributed by atoms with Gasteiger partial charge in [0.15, 0.2) is 5.13 Å². The van der Waals surface area contributed by atoms with Gasteiger partial charge < -0.3 is 9.88 Å². The van der Waals surface area contributed by atoms with Crippen molar-refractivity contribution in [3.8, 4) is 0 Å². The molecule has 29 heavy (non-hydrogen) atoms. The normalized spacial score (nSPS) is 11.5. The van der Waals surface area contributed by atoms with Crippen molar-refractivity contribution in [1.82, 2.24) is 9.55 Å². The molecule has 152 valence electrons. The molecule has 3 aromatic rings. The van der Waals surface area contributed by atoms with Crippen molar-refractivity contribution in [1.29, 1.82) is 0 Å². The molecule has 0 radical (unpaired) electrons. The van der Waals surface area contributed by atoms with E-state index < -0.39 is 29.8 Å². The Bertz CT molecular complexity index is 1110. The molecular formula is C19H15ClF3N3O2S. The van der Waals surface area contributed by atoms with E-state index in [1.165, 1.54) is 11.3 Å². The van der Waals surface area contributed by atoms with Crippen LogP contribution in [0, 0.1) is 6.92 Å². The van der Waals surface area contributed by atoms with Gasteiger partial charge in [-0.15, -0.1) is 11.3 Å². The first-order valence-electron chi connectivity index (χ1n) is 8.40. The molecule has 0 unspecified atom stereocenters. The molecule has 10 heteroatoms. The van der Waals surface area contributed by atoms with Crippen LogP contribution < -0.4 is 10.9 Å². The molecule has 1 aromatic carbocycles. The molecular weight excluding hydrogens is 427 g/mol. The van der Waals surface area contributed by atoms with Crippen LogP contribution in [0.4, 0.5) is 18.3 Å². The van der Waals surface area contributed by atoms with Crippen LogP contribution in [0.25, 0.3) is 0 Å². The Labute approximate surface area is 172 Å². The van der Waals surface area contributed by atoms with Crippen molar-refractivity contribution in [2.24, 2.45) is 0 Å². The smallest absolute Gasteiger partial charge is 0.306 e. The number of rotatable bonds is 5. The van der Waals surface area contributed by atoms with Gasteiger partial charge in [-0.1, -0.05) is 29.8 Å². The van der Waals surface area contributed by atoms with E-state index in [4.69, 9.17) is 11.6 Å². The number of nitrogens with zero attached hydrogens (tertiary/aromatic N) is 2. The highest BCUT2D eigenvalue weighted by atomic mass is 35.5. The number of nitrogens with one attached hydrogen (secondary N) is 1. The van der Waals surface area contributed by atoms with E-state index in [0.717, 1.165) is 28.3 Å². The molecule has 2 heterocycles. The zero-order valence-corrected chi connectivity index (χ0v) is 16.7. The summed E-state index contributed by atoms with van der Waals surface area (Å²) in [5, 5.41) is 3.45. The molecule has 5 nitrogen and oxygen atoms in total. The lowest BCUT2D eigenvalue weighted by molar-refractivity contribution is -0.139. The van der Waals surface area contributed by atoms with Crippen LogP contribution >= 0.6 is 22.9 Å². The van der Waals surface area contributed by atoms with Crippen molar-refractivity contribution in [3.05, 3.63) is 79.7 Å². The molecule has 0 atom stereocenters. The molecule has 0 saturated heterocycles. The standard InChI is InChI=1S/C19H15ClF3N3O2S/c1-11-4-2-5-12(16(11)20)8-13-9-24-18(29-13)25-15(27)10-26-7-3-6-14(17(26)28)19(21,22)23/h2-7,9H,8,10H2,1H3,(H,24,25,27). The van der Waals surface area contributed by atoms with Crippen molar-refractivity contribution >= 4 is 34.0 Å². The van der Waals surface area contributed by atoms with Crippen molar-refractivity contribution < 1.29 is 18.0 Å². The fraction of sp³-hybridized carbons (Fsp3) is 0.211. The van der Waals surface area contributed by atoms with E-state index in [-0.39, 0.29) is 5.13 Å². The second-order valence-corrected chi connectivity index (χ2v) is 7.75. The summed E-state index contributed by atoms with van der Waals surface area (Å²) in [7, 11) is 0. The van der Waals surface area contributed by atoms with E-state index in [9.17, 15) is 22.8 Å². The first kappa shape index (κ1) is 21.1. The largest absolute Gasteiger partial charge is 0.421 e. The highest BCUT2D eigenvalue weighted by Gasteiger charge is 2.34. The zero-order chi connectivity index (χ0) is 21.2. The number of aromatic nitrogens is 2. The molecule has 0 aliphatic heterocycles. The monoisotopic (exact) mass is 441 g/mol. The third-order valence-electron chi connectivity index (χ3n) is 4.08. The molecule has 3 rings (SSSR count). The SMILES string of the molecule is Cc1cccc(Cc2cnc(NC(=O)Cn3cccc(C(F)(F)F)c3=O)s2)c1Cl. The van der Waals surface area contributed by atoms with Crippen LogP contribution in [0.3, 0.4) is 0 Å². The van der Waals surface area contributed by atoms with Gasteiger partial charge in [-0.2, -0.15) is 13.2 Å². The van der Waals surface area contributed by atoms with Gasteiger partial charge in [-0.3, -0.25) is 9.59 Å². The lowest BCUT2D eigenvalue weighted by atomic mass is 10.1. The Morgan fingerprint density at radius 1 is 1.28 bits per heavy atom. The Morgan fingerprint density at radius 2 is 2.03 bits per heavy atom. The minimum absolute atomic E-state index is 0.286. The number of anilines is 1. The van der Waals surface area contributed by atoms with E-state index in [1.807, 2.05) is 25.1 Å².